The second kappa shape index (κ2) is 8.86. The Morgan fingerprint density at radius 3 is 2.12 bits per heavy atom. The Bertz CT molecular complexity index is 369. The van der Waals surface area contributed by atoms with Gasteiger partial charge < -0.3 is 39.0 Å². The lowest BCUT2D eigenvalue weighted by Gasteiger charge is -2.29. The van der Waals surface area contributed by atoms with Gasteiger partial charge in [-0.05, 0) is 19.3 Å². The molecule has 3 saturated heterocycles. The summed E-state index contributed by atoms with van der Waals surface area (Å²) in [6.07, 6.45) is -1.40. The number of aliphatic hydroxyl groups excluding tert-OH is 3. The summed E-state index contributed by atoms with van der Waals surface area (Å²) in [7, 11) is 0. The highest BCUT2D eigenvalue weighted by molar-refractivity contribution is 4.84. The molecule has 8 heteroatoms. The van der Waals surface area contributed by atoms with Gasteiger partial charge >= 0.3 is 0 Å². The molecule has 0 bridgehead atoms. The fourth-order valence-electron chi connectivity index (χ4n) is 2.56. The second-order valence-corrected chi connectivity index (χ2v) is 6.75. The van der Waals surface area contributed by atoms with Gasteiger partial charge in [0.25, 0.3) is 0 Å². The smallest absolute Gasteiger partial charge is 0.111 e. The van der Waals surface area contributed by atoms with Crippen LogP contribution in [0.25, 0.3) is 0 Å². The fraction of sp³-hybridized carbons (Fsp3) is 1.00. The number of hydrogen-bond donors (Lipinski definition) is 3. The molecule has 8 nitrogen and oxygen atoms in total. The van der Waals surface area contributed by atoms with E-state index in [2.05, 4.69) is 0 Å². The summed E-state index contributed by atoms with van der Waals surface area (Å²) in [5.41, 5.74) is 0. The van der Waals surface area contributed by atoms with E-state index in [9.17, 15) is 15.3 Å². The number of epoxide rings is 3. The van der Waals surface area contributed by atoms with Crippen molar-refractivity contribution in [2.75, 3.05) is 39.6 Å². The zero-order valence-corrected chi connectivity index (χ0v) is 13.8. The Morgan fingerprint density at radius 2 is 1.50 bits per heavy atom. The Balaban J connectivity index is 1.40. The van der Waals surface area contributed by atoms with Crippen LogP contribution in [0.2, 0.25) is 0 Å². The predicted octanol–water partition coefficient (Wildman–Crippen LogP) is -1.16. The molecule has 0 aliphatic carbocycles. The van der Waals surface area contributed by atoms with Crippen molar-refractivity contribution in [3.05, 3.63) is 0 Å². The van der Waals surface area contributed by atoms with Crippen molar-refractivity contribution in [1.82, 2.24) is 0 Å². The molecule has 0 aromatic rings. The third-order valence-corrected chi connectivity index (χ3v) is 4.44. The highest BCUT2D eigenvalue weighted by Gasteiger charge is 2.34. The van der Waals surface area contributed by atoms with Gasteiger partial charge in [0.1, 0.15) is 30.5 Å². The van der Waals surface area contributed by atoms with E-state index < -0.39 is 24.4 Å². The van der Waals surface area contributed by atoms with E-state index in [1.54, 1.807) is 0 Å². The van der Waals surface area contributed by atoms with Crippen molar-refractivity contribution in [3.8, 4) is 0 Å². The van der Waals surface area contributed by atoms with Crippen molar-refractivity contribution in [2.24, 2.45) is 0 Å². The van der Waals surface area contributed by atoms with Crippen molar-refractivity contribution in [2.45, 2.75) is 62.0 Å². The van der Waals surface area contributed by atoms with Crippen LogP contribution in [-0.4, -0.2) is 97.7 Å². The molecule has 0 radical (unpaired) electrons. The summed E-state index contributed by atoms with van der Waals surface area (Å²) in [5, 5.41) is 30.6. The number of rotatable bonds is 14. The van der Waals surface area contributed by atoms with Gasteiger partial charge in [-0.15, -0.1) is 0 Å². The van der Waals surface area contributed by atoms with Gasteiger partial charge in [-0.2, -0.15) is 0 Å². The van der Waals surface area contributed by atoms with Gasteiger partial charge in [-0.25, -0.2) is 0 Å². The first kappa shape index (κ1) is 18.5. The average Bonchev–Trinajstić information content (AvgIpc) is 3.41. The average molecular weight is 348 g/mol. The first-order valence-corrected chi connectivity index (χ1v) is 8.72. The van der Waals surface area contributed by atoms with Gasteiger partial charge in [0.05, 0.1) is 51.8 Å². The third-order valence-electron chi connectivity index (χ3n) is 4.44. The van der Waals surface area contributed by atoms with Gasteiger partial charge in [0.2, 0.25) is 0 Å². The number of aliphatic hydroxyl groups is 3. The zero-order valence-electron chi connectivity index (χ0n) is 13.8. The van der Waals surface area contributed by atoms with Gasteiger partial charge in [-0.3, -0.25) is 0 Å². The molecule has 0 saturated carbocycles. The molecule has 3 aliphatic heterocycles. The maximum atomic E-state index is 10.4. The highest BCUT2D eigenvalue weighted by atomic mass is 16.6. The summed E-state index contributed by atoms with van der Waals surface area (Å²) in [5.74, 6) is 0. The monoisotopic (exact) mass is 348 g/mol. The normalized spacial score (nSPS) is 32.9. The molecule has 3 rings (SSSR count). The molecule has 0 aromatic carbocycles. The SMILES string of the molecule is OC(COCC1CO1)C(O)C(O)C(CCCC1CO1)OCC1CO1. The minimum atomic E-state index is -1.33. The van der Waals surface area contributed by atoms with E-state index in [0.29, 0.717) is 39.0 Å². The van der Waals surface area contributed by atoms with Crippen LogP contribution in [0, 0.1) is 0 Å². The van der Waals surface area contributed by atoms with Crippen LogP contribution in [0.3, 0.4) is 0 Å². The van der Waals surface area contributed by atoms with E-state index in [4.69, 9.17) is 23.7 Å². The minimum Gasteiger partial charge on any atom is -0.388 e. The minimum absolute atomic E-state index is 0.0491. The van der Waals surface area contributed by atoms with E-state index in [1.807, 2.05) is 0 Å². The highest BCUT2D eigenvalue weighted by Crippen LogP contribution is 2.22. The van der Waals surface area contributed by atoms with Crippen molar-refractivity contribution < 1.29 is 39.0 Å². The van der Waals surface area contributed by atoms with E-state index in [0.717, 1.165) is 19.4 Å². The molecule has 3 heterocycles. The zero-order chi connectivity index (χ0) is 16.9. The van der Waals surface area contributed by atoms with Crippen LogP contribution in [0.4, 0.5) is 0 Å². The molecule has 0 amide bonds. The van der Waals surface area contributed by atoms with Crippen LogP contribution < -0.4 is 0 Å². The van der Waals surface area contributed by atoms with E-state index >= 15 is 0 Å². The number of ether oxygens (including phenoxy) is 5. The van der Waals surface area contributed by atoms with Crippen LogP contribution in [0.15, 0.2) is 0 Å². The van der Waals surface area contributed by atoms with Crippen molar-refractivity contribution in [1.29, 1.82) is 0 Å². The van der Waals surface area contributed by atoms with E-state index in [-0.39, 0.29) is 18.8 Å². The Morgan fingerprint density at radius 1 is 0.875 bits per heavy atom. The molecule has 0 spiro atoms. The predicted molar refractivity (Wildman–Crippen MR) is 81.7 cm³/mol. The summed E-state index contributed by atoms with van der Waals surface area (Å²) in [4.78, 5) is 0. The molecule has 3 N–H and O–H groups in total. The van der Waals surface area contributed by atoms with Crippen molar-refractivity contribution in [3.63, 3.8) is 0 Å². The standard InChI is InChI=1S/C16H28O8/c17-13(9-20-4-11-6-22-11)15(18)16(19)14(24-8-12-7-23-12)3-1-2-10-5-21-10/h10-19H,1-9H2. The molecule has 7 unspecified atom stereocenters. The summed E-state index contributed by atoms with van der Waals surface area (Å²) in [6.45, 7) is 2.87. The quantitative estimate of drug-likeness (QED) is 0.337. The lowest BCUT2D eigenvalue weighted by Crippen LogP contribution is -2.47. The van der Waals surface area contributed by atoms with Gasteiger partial charge in [-0.1, -0.05) is 0 Å². The molecule has 140 valence electrons. The van der Waals surface area contributed by atoms with Gasteiger partial charge in [0, 0.05) is 0 Å². The van der Waals surface area contributed by atoms with Crippen LogP contribution in [-0.2, 0) is 23.7 Å². The lowest BCUT2D eigenvalue weighted by molar-refractivity contribution is -0.139. The fourth-order valence-corrected chi connectivity index (χ4v) is 2.56. The Hall–Kier alpha value is -0.320. The molecular weight excluding hydrogens is 320 g/mol. The largest absolute Gasteiger partial charge is 0.388 e. The maximum Gasteiger partial charge on any atom is 0.111 e. The summed E-state index contributed by atoms with van der Waals surface area (Å²) >= 11 is 0. The Kier molecular flexibility index (Phi) is 6.82. The third kappa shape index (κ3) is 6.53. The first-order chi connectivity index (χ1) is 11.6. The topological polar surface area (TPSA) is 117 Å². The lowest BCUT2D eigenvalue weighted by atomic mass is 9.98. The molecule has 0 aromatic heterocycles. The van der Waals surface area contributed by atoms with Crippen molar-refractivity contribution >= 4 is 0 Å². The van der Waals surface area contributed by atoms with Crippen LogP contribution >= 0.6 is 0 Å². The number of hydrogen-bond acceptors (Lipinski definition) is 8. The molecular formula is C16H28O8. The van der Waals surface area contributed by atoms with Crippen LogP contribution in [0.1, 0.15) is 19.3 Å². The van der Waals surface area contributed by atoms with Crippen LogP contribution in [0.5, 0.6) is 0 Å². The Labute approximate surface area is 141 Å². The summed E-state index contributed by atoms with van der Waals surface area (Å²) in [6, 6.07) is 0. The molecule has 3 fully saturated rings. The maximum absolute atomic E-state index is 10.4. The molecule has 24 heavy (non-hydrogen) atoms. The van der Waals surface area contributed by atoms with E-state index in [1.165, 1.54) is 0 Å². The molecule has 3 aliphatic rings. The molecule has 7 atom stereocenters. The second-order valence-electron chi connectivity index (χ2n) is 6.75. The van der Waals surface area contributed by atoms with Gasteiger partial charge in [0.15, 0.2) is 0 Å². The first-order valence-electron chi connectivity index (χ1n) is 8.72. The summed E-state index contributed by atoms with van der Waals surface area (Å²) < 4.78 is 26.3.